The molecule has 3 aromatic rings. The first-order valence-electron chi connectivity index (χ1n) is 11.9. The van der Waals surface area contributed by atoms with E-state index in [-0.39, 0.29) is 18.4 Å². The summed E-state index contributed by atoms with van der Waals surface area (Å²) in [5.41, 5.74) is 2.51. The summed E-state index contributed by atoms with van der Waals surface area (Å²) >= 11 is 0. The topological polar surface area (TPSA) is 80.0 Å². The maximum atomic E-state index is 13.5. The Kier molecular flexibility index (Phi) is 9.32. The molecular weight excluding hydrogens is 430 g/mol. The first-order chi connectivity index (χ1) is 16.5. The predicted molar refractivity (Wildman–Crippen MR) is 132 cm³/mol. The Bertz CT molecular complexity index is 1040. The van der Waals surface area contributed by atoms with E-state index < -0.39 is 5.97 Å². The number of nitrogens with zero attached hydrogens (tertiary/aromatic N) is 1. The van der Waals surface area contributed by atoms with Gasteiger partial charge in [0.25, 0.3) is 5.91 Å². The number of para-hydroxylation sites is 1. The molecule has 1 heterocycles. The zero-order valence-corrected chi connectivity index (χ0v) is 19.9. The molecular formula is C28H33NO5. The first kappa shape index (κ1) is 25.1. The quantitative estimate of drug-likeness (QED) is 0.296. The number of hydrogen-bond donors (Lipinski definition) is 1. The molecule has 2 aromatic carbocycles. The number of benzene rings is 2. The first-order valence-corrected chi connectivity index (χ1v) is 11.9. The fourth-order valence-corrected chi connectivity index (χ4v) is 3.73. The van der Waals surface area contributed by atoms with Crippen LogP contribution in [-0.2, 0) is 11.3 Å². The fourth-order valence-electron chi connectivity index (χ4n) is 3.73. The Labute approximate surface area is 201 Å². The van der Waals surface area contributed by atoms with Crippen LogP contribution in [0.2, 0.25) is 0 Å². The van der Waals surface area contributed by atoms with Gasteiger partial charge >= 0.3 is 5.97 Å². The summed E-state index contributed by atoms with van der Waals surface area (Å²) in [6.07, 6.45) is 4.90. The summed E-state index contributed by atoms with van der Waals surface area (Å²) in [5.74, 6) is 0.738. The molecule has 0 saturated carbocycles. The molecule has 1 atom stereocenters. The van der Waals surface area contributed by atoms with Gasteiger partial charge in [0, 0.05) is 35.7 Å². The van der Waals surface area contributed by atoms with Gasteiger partial charge < -0.3 is 19.2 Å². The summed E-state index contributed by atoms with van der Waals surface area (Å²) in [6.45, 7) is 5.09. The molecule has 0 aliphatic heterocycles. The maximum Gasteiger partial charge on any atom is 0.303 e. The summed E-state index contributed by atoms with van der Waals surface area (Å²) in [6, 6.07) is 19.1. The zero-order valence-electron chi connectivity index (χ0n) is 19.9. The molecule has 180 valence electrons. The molecule has 0 aliphatic carbocycles. The van der Waals surface area contributed by atoms with Crippen molar-refractivity contribution >= 4 is 11.9 Å². The van der Waals surface area contributed by atoms with E-state index in [1.165, 1.54) is 0 Å². The van der Waals surface area contributed by atoms with Crippen LogP contribution in [-0.4, -0.2) is 34.5 Å². The Morgan fingerprint density at radius 1 is 1.00 bits per heavy atom. The second-order valence-corrected chi connectivity index (χ2v) is 8.41. The molecule has 1 unspecified atom stereocenters. The highest BCUT2D eigenvalue weighted by Crippen LogP contribution is 2.25. The Morgan fingerprint density at radius 3 is 2.44 bits per heavy atom. The van der Waals surface area contributed by atoms with Gasteiger partial charge in [-0.15, -0.1) is 0 Å². The predicted octanol–water partition coefficient (Wildman–Crippen LogP) is 6.41. The van der Waals surface area contributed by atoms with E-state index in [1.807, 2.05) is 65.6 Å². The molecule has 1 aromatic heterocycles. The third kappa shape index (κ3) is 6.98. The van der Waals surface area contributed by atoms with Crippen LogP contribution < -0.4 is 4.74 Å². The molecule has 1 N–H and O–H groups in total. The van der Waals surface area contributed by atoms with E-state index in [2.05, 4.69) is 13.8 Å². The number of hydrogen-bond acceptors (Lipinski definition) is 4. The molecule has 0 spiro atoms. The lowest BCUT2D eigenvalue weighted by Gasteiger charge is -2.29. The standard InChI is InChI=1S/C28H33NO5/c1-3-21(2)29(28(32)23-16-14-22(15-17-23)25-12-9-19-34-25)20-24-10-6-7-11-26(24)33-18-8-4-5-13-27(30)31/h6-7,9-12,14-17,19,21H,3-5,8,13,18,20H2,1-2H3,(H,30,31). The molecule has 0 radical (unpaired) electrons. The third-order valence-corrected chi connectivity index (χ3v) is 5.93. The molecule has 0 saturated heterocycles. The van der Waals surface area contributed by atoms with Crippen molar-refractivity contribution in [2.45, 2.75) is 58.5 Å². The molecule has 6 heteroatoms. The lowest BCUT2D eigenvalue weighted by molar-refractivity contribution is -0.137. The van der Waals surface area contributed by atoms with Crippen molar-refractivity contribution in [1.29, 1.82) is 0 Å². The van der Waals surface area contributed by atoms with Crippen LogP contribution in [0.15, 0.2) is 71.3 Å². The van der Waals surface area contributed by atoms with E-state index in [4.69, 9.17) is 14.3 Å². The van der Waals surface area contributed by atoms with Crippen molar-refractivity contribution < 1.29 is 23.8 Å². The van der Waals surface area contributed by atoms with Gasteiger partial charge in [0.2, 0.25) is 0 Å². The van der Waals surface area contributed by atoms with E-state index in [9.17, 15) is 9.59 Å². The SMILES string of the molecule is CCC(C)N(Cc1ccccc1OCCCCCC(=O)O)C(=O)c1ccc(-c2ccco2)cc1. The number of rotatable bonds is 13. The number of ether oxygens (including phenoxy) is 1. The van der Waals surface area contributed by atoms with Crippen LogP contribution >= 0.6 is 0 Å². The van der Waals surface area contributed by atoms with Gasteiger partial charge in [0.05, 0.1) is 12.9 Å². The van der Waals surface area contributed by atoms with Gasteiger partial charge in [-0.2, -0.15) is 0 Å². The molecule has 6 nitrogen and oxygen atoms in total. The second-order valence-electron chi connectivity index (χ2n) is 8.41. The van der Waals surface area contributed by atoms with Gasteiger partial charge in [-0.05, 0) is 62.9 Å². The highest BCUT2D eigenvalue weighted by atomic mass is 16.5. The summed E-state index contributed by atoms with van der Waals surface area (Å²) in [5, 5.41) is 8.75. The van der Waals surface area contributed by atoms with Gasteiger partial charge in [0.1, 0.15) is 11.5 Å². The van der Waals surface area contributed by atoms with Gasteiger partial charge in [-0.3, -0.25) is 9.59 Å². The molecule has 1 amide bonds. The van der Waals surface area contributed by atoms with Gasteiger partial charge in [0.15, 0.2) is 0 Å². The Morgan fingerprint density at radius 2 is 1.76 bits per heavy atom. The lowest BCUT2D eigenvalue weighted by atomic mass is 10.1. The van der Waals surface area contributed by atoms with Crippen LogP contribution in [0.25, 0.3) is 11.3 Å². The van der Waals surface area contributed by atoms with E-state index in [0.717, 1.165) is 41.9 Å². The average molecular weight is 464 g/mol. The number of carboxylic acid groups (broad SMARTS) is 1. The van der Waals surface area contributed by atoms with Crippen molar-refractivity contribution in [2.24, 2.45) is 0 Å². The van der Waals surface area contributed by atoms with E-state index >= 15 is 0 Å². The second kappa shape index (κ2) is 12.6. The van der Waals surface area contributed by atoms with Crippen molar-refractivity contribution in [2.75, 3.05) is 6.61 Å². The Hall–Kier alpha value is -3.54. The average Bonchev–Trinajstić information content (AvgIpc) is 3.39. The zero-order chi connectivity index (χ0) is 24.3. The van der Waals surface area contributed by atoms with Crippen LogP contribution in [0.4, 0.5) is 0 Å². The maximum absolute atomic E-state index is 13.5. The highest BCUT2D eigenvalue weighted by molar-refractivity contribution is 5.94. The van der Waals surface area contributed by atoms with E-state index in [0.29, 0.717) is 25.1 Å². The summed E-state index contributed by atoms with van der Waals surface area (Å²) in [7, 11) is 0. The van der Waals surface area contributed by atoms with Gasteiger partial charge in [-0.1, -0.05) is 37.3 Å². The number of furan rings is 1. The van der Waals surface area contributed by atoms with E-state index in [1.54, 1.807) is 6.26 Å². The molecule has 0 aliphatic rings. The third-order valence-electron chi connectivity index (χ3n) is 5.93. The molecule has 0 fully saturated rings. The number of carbonyl (C=O) groups excluding carboxylic acids is 1. The minimum absolute atomic E-state index is 0.0242. The van der Waals surface area contributed by atoms with Crippen LogP contribution in [0.1, 0.15) is 61.9 Å². The molecule has 34 heavy (non-hydrogen) atoms. The Balaban J connectivity index is 1.68. The van der Waals surface area contributed by atoms with Crippen molar-refractivity contribution in [3.8, 4) is 17.1 Å². The monoisotopic (exact) mass is 463 g/mol. The van der Waals surface area contributed by atoms with Crippen LogP contribution in [0.5, 0.6) is 5.75 Å². The number of amides is 1. The minimum atomic E-state index is -0.767. The number of carbonyl (C=O) groups is 2. The van der Waals surface area contributed by atoms with Crippen LogP contribution in [0.3, 0.4) is 0 Å². The smallest absolute Gasteiger partial charge is 0.303 e. The number of aliphatic carboxylic acids is 1. The molecule has 3 rings (SSSR count). The number of unbranched alkanes of at least 4 members (excludes halogenated alkanes) is 2. The largest absolute Gasteiger partial charge is 0.493 e. The van der Waals surface area contributed by atoms with Crippen molar-refractivity contribution in [1.82, 2.24) is 4.90 Å². The van der Waals surface area contributed by atoms with Crippen LogP contribution in [0, 0.1) is 0 Å². The van der Waals surface area contributed by atoms with Crippen molar-refractivity contribution in [3.05, 3.63) is 78.1 Å². The normalized spacial score (nSPS) is 11.7. The molecule has 0 bridgehead atoms. The number of carboxylic acids is 1. The summed E-state index contributed by atoms with van der Waals surface area (Å²) < 4.78 is 11.4. The van der Waals surface area contributed by atoms with Gasteiger partial charge in [-0.25, -0.2) is 0 Å². The van der Waals surface area contributed by atoms with Crippen molar-refractivity contribution in [3.63, 3.8) is 0 Å². The minimum Gasteiger partial charge on any atom is -0.493 e. The fraction of sp³-hybridized carbons (Fsp3) is 0.357. The highest BCUT2D eigenvalue weighted by Gasteiger charge is 2.22. The lowest BCUT2D eigenvalue weighted by Crippen LogP contribution is -2.37. The summed E-state index contributed by atoms with van der Waals surface area (Å²) in [4.78, 5) is 26.0.